The SMILES string of the molecule is O=S1(=O)C[C@]2(C(F)(F)F)CN(Cc3ccccc3)C[C@@H]21. The first-order chi connectivity index (χ1) is 9.25. The Labute approximate surface area is 115 Å². The number of benzene rings is 1. The van der Waals surface area contributed by atoms with Gasteiger partial charge in [0.25, 0.3) is 0 Å². The zero-order valence-electron chi connectivity index (χ0n) is 10.6. The molecule has 0 bridgehead atoms. The van der Waals surface area contributed by atoms with E-state index in [9.17, 15) is 21.6 Å². The summed E-state index contributed by atoms with van der Waals surface area (Å²) in [5.41, 5.74) is -1.16. The highest BCUT2D eigenvalue weighted by Crippen LogP contribution is 2.56. The van der Waals surface area contributed by atoms with Crippen LogP contribution in [0.15, 0.2) is 30.3 Å². The molecule has 20 heavy (non-hydrogen) atoms. The molecule has 7 heteroatoms. The quantitative estimate of drug-likeness (QED) is 0.837. The topological polar surface area (TPSA) is 37.4 Å². The largest absolute Gasteiger partial charge is 0.398 e. The van der Waals surface area contributed by atoms with Crippen molar-refractivity contribution in [1.82, 2.24) is 4.90 Å². The van der Waals surface area contributed by atoms with Crippen molar-refractivity contribution in [3.8, 4) is 0 Å². The van der Waals surface area contributed by atoms with Crippen molar-refractivity contribution in [3.63, 3.8) is 0 Å². The van der Waals surface area contributed by atoms with Crippen molar-refractivity contribution in [2.24, 2.45) is 5.41 Å². The van der Waals surface area contributed by atoms with E-state index in [1.54, 1.807) is 4.90 Å². The summed E-state index contributed by atoms with van der Waals surface area (Å²) >= 11 is 0. The van der Waals surface area contributed by atoms with E-state index in [2.05, 4.69) is 0 Å². The van der Waals surface area contributed by atoms with E-state index in [1.165, 1.54) is 0 Å². The summed E-state index contributed by atoms with van der Waals surface area (Å²) in [6.07, 6.45) is -4.46. The lowest BCUT2D eigenvalue weighted by atomic mass is 9.87. The number of likely N-dealkylation sites (tertiary alicyclic amines) is 1. The third kappa shape index (κ3) is 1.95. The smallest absolute Gasteiger partial charge is 0.297 e. The summed E-state index contributed by atoms with van der Waals surface area (Å²) in [6.45, 7) is 0.0940. The molecule has 0 unspecified atom stereocenters. The summed E-state index contributed by atoms with van der Waals surface area (Å²) in [7, 11) is -3.59. The summed E-state index contributed by atoms with van der Waals surface area (Å²) in [6, 6.07) is 9.12. The highest BCUT2D eigenvalue weighted by atomic mass is 32.2. The van der Waals surface area contributed by atoms with Gasteiger partial charge in [0.05, 0.1) is 11.0 Å². The molecule has 0 radical (unpaired) electrons. The molecule has 0 aromatic heterocycles. The molecule has 1 aromatic carbocycles. The molecule has 3 nitrogen and oxygen atoms in total. The van der Waals surface area contributed by atoms with E-state index in [0.717, 1.165) is 5.56 Å². The van der Waals surface area contributed by atoms with E-state index >= 15 is 0 Å². The van der Waals surface area contributed by atoms with Crippen LogP contribution in [0.4, 0.5) is 13.2 Å². The molecule has 110 valence electrons. The molecule has 0 amide bonds. The zero-order chi connectivity index (χ0) is 14.6. The van der Waals surface area contributed by atoms with Gasteiger partial charge in [0.15, 0.2) is 9.84 Å². The standard InChI is InChI=1S/C13H14F3NO2S/c14-13(15,16)12-8-17(6-10-4-2-1-3-5-10)7-11(12)20(18,19)9-12/h1-5,11H,6-9H2/t11-,12+/m0/s1. The molecule has 2 saturated heterocycles. The van der Waals surface area contributed by atoms with E-state index in [-0.39, 0.29) is 13.1 Å². The predicted octanol–water partition coefficient (Wildman–Crippen LogP) is 1.85. The van der Waals surface area contributed by atoms with Gasteiger partial charge in [0.1, 0.15) is 5.41 Å². The fourth-order valence-corrected chi connectivity index (χ4v) is 5.74. The minimum atomic E-state index is -4.46. The predicted molar refractivity (Wildman–Crippen MR) is 67.8 cm³/mol. The van der Waals surface area contributed by atoms with Gasteiger partial charge in [-0.15, -0.1) is 0 Å². The number of nitrogens with zero attached hydrogens (tertiary/aromatic N) is 1. The van der Waals surface area contributed by atoms with Gasteiger partial charge >= 0.3 is 6.18 Å². The molecule has 0 saturated carbocycles. The van der Waals surface area contributed by atoms with Gasteiger partial charge in [0.2, 0.25) is 0 Å². The number of rotatable bonds is 2. The first kappa shape index (κ1) is 13.9. The minimum absolute atomic E-state index is 0.0310. The maximum Gasteiger partial charge on any atom is 0.398 e. The van der Waals surface area contributed by atoms with Gasteiger partial charge in [0, 0.05) is 19.6 Å². The first-order valence-electron chi connectivity index (χ1n) is 6.29. The third-order valence-corrected chi connectivity index (χ3v) is 6.64. The highest BCUT2D eigenvalue weighted by molar-refractivity contribution is 7.93. The fourth-order valence-electron chi connectivity index (χ4n) is 3.25. The maximum atomic E-state index is 13.2. The Hall–Kier alpha value is -1.08. The van der Waals surface area contributed by atoms with Crippen LogP contribution >= 0.6 is 0 Å². The van der Waals surface area contributed by atoms with Gasteiger partial charge < -0.3 is 0 Å². The summed E-state index contributed by atoms with van der Waals surface area (Å²) in [5, 5.41) is -1.29. The molecule has 2 fully saturated rings. The molecular formula is C13H14F3NO2S. The number of hydrogen-bond acceptors (Lipinski definition) is 3. The van der Waals surface area contributed by atoms with Gasteiger partial charge in [-0.2, -0.15) is 13.2 Å². The number of halogens is 3. The Bertz CT molecular complexity index is 614. The van der Waals surface area contributed by atoms with Gasteiger partial charge in [-0.25, -0.2) is 8.42 Å². The normalized spacial score (nSPS) is 32.6. The Kier molecular flexibility index (Phi) is 2.92. The Balaban J connectivity index is 1.83. The first-order valence-corrected chi connectivity index (χ1v) is 8.01. The lowest BCUT2D eigenvalue weighted by Gasteiger charge is -2.44. The molecule has 0 aliphatic carbocycles. The van der Waals surface area contributed by atoms with Gasteiger partial charge in [-0.1, -0.05) is 30.3 Å². The second-order valence-electron chi connectivity index (χ2n) is 5.60. The van der Waals surface area contributed by atoms with Crippen molar-refractivity contribution < 1.29 is 21.6 Å². The molecule has 0 spiro atoms. The van der Waals surface area contributed by atoms with Gasteiger partial charge in [-0.05, 0) is 5.56 Å². The van der Waals surface area contributed by atoms with Crippen LogP contribution in [0.5, 0.6) is 0 Å². The zero-order valence-corrected chi connectivity index (χ0v) is 11.4. The summed E-state index contributed by atoms with van der Waals surface area (Å²) in [5.74, 6) is -0.764. The molecule has 3 rings (SSSR count). The minimum Gasteiger partial charge on any atom is -0.297 e. The fraction of sp³-hybridized carbons (Fsp3) is 0.538. The lowest BCUT2D eigenvalue weighted by Crippen LogP contribution is -2.64. The second kappa shape index (κ2) is 4.21. The van der Waals surface area contributed by atoms with Crippen molar-refractivity contribution >= 4 is 9.84 Å². The molecule has 2 aliphatic rings. The van der Waals surface area contributed by atoms with E-state index < -0.39 is 32.4 Å². The third-order valence-electron chi connectivity index (χ3n) is 4.25. The Morgan fingerprint density at radius 1 is 1.25 bits per heavy atom. The van der Waals surface area contributed by atoms with Crippen LogP contribution in [-0.4, -0.2) is 43.6 Å². The van der Waals surface area contributed by atoms with Crippen LogP contribution in [0.3, 0.4) is 0 Å². The van der Waals surface area contributed by atoms with Crippen LogP contribution in [0.25, 0.3) is 0 Å². The van der Waals surface area contributed by atoms with Crippen LogP contribution in [0.2, 0.25) is 0 Å². The molecule has 2 heterocycles. The van der Waals surface area contributed by atoms with Crippen molar-refractivity contribution in [2.75, 3.05) is 18.8 Å². The maximum absolute atomic E-state index is 13.2. The monoisotopic (exact) mass is 305 g/mol. The molecule has 2 atom stereocenters. The lowest BCUT2D eigenvalue weighted by molar-refractivity contribution is -0.215. The van der Waals surface area contributed by atoms with Crippen LogP contribution in [0, 0.1) is 5.41 Å². The van der Waals surface area contributed by atoms with E-state index in [4.69, 9.17) is 0 Å². The van der Waals surface area contributed by atoms with E-state index in [1.807, 2.05) is 30.3 Å². The number of hydrogen-bond donors (Lipinski definition) is 0. The highest BCUT2D eigenvalue weighted by Gasteiger charge is 2.74. The van der Waals surface area contributed by atoms with Crippen molar-refractivity contribution in [2.45, 2.75) is 18.0 Å². The average molecular weight is 305 g/mol. The number of sulfone groups is 1. The van der Waals surface area contributed by atoms with Crippen LogP contribution < -0.4 is 0 Å². The summed E-state index contributed by atoms with van der Waals surface area (Å²) in [4.78, 5) is 1.60. The average Bonchev–Trinajstić information content (AvgIpc) is 2.66. The number of alkyl halides is 3. The molecule has 1 aromatic rings. The second-order valence-corrected chi connectivity index (χ2v) is 7.79. The number of fused-ring (bicyclic) bond motifs is 1. The van der Waals surface area contributed by atoms with Crippen molar-refractivity contribution in [1.29, 1.82) is 0 Å². The Morgan fingerprint density at radius 2 is 1.90 bits per heavy atom. The van der Waals surface area contributed by atoms with Gasteiger partial charge in [-0.3, -0.25) is 4.90 Å². The summed E-state index contributed by atoms with van der Waals surface area (Å²) < 4.78 is 62.9. The molecular weight excluding hydrogens is 291 g/mol. The molecule has 0 N–H and O–H groups in total. The van der Waals surface area contributed by atoms with Crippen LogP contribution in [0.1, 0.15) is 5.56 Å². The van der Waals surface area contributed by atoms with E-state index in [0.29, 0.717) is 6.54 Å². The van der Waals surface area contributed by atoms with Crippen LogP contribution in [-0.2, 0) is 16.4 Å². The Morgan fingerprint density at radius 3 is 2.40 bits per heavy atom. The molecule has 2 aliphatic heterocycles. The van der Waals surface area contributed by atoms with Crippen molar-refractivity contribution in [3.05, 3.63) is 35.9 Å².